The number of hydrogen-bond donors (Lipinski definition) is 0. The van der Waals surface area contributed by atoms with Crippen LogP contribution < -0.4 is 0 Å². The van der Waals surface area contributed by atoms with Crippen LogP contribution in [-0.4, -0.2) is 51.4 Å². The second-order valence-corrected chi connectivity index (χ2v) is 6.68. The summed E-state index contributed by atoms with van der Waals surface area (Å²) in [6.45, 7) is 4.30. The van der Waals surface area contributed by atoms with E-state index in [0.717, 1.165) is 43.0 Å². The van der Waals surface area contributed by atoms with Crippen LogP contribution in [0.25, 0.3) is 10.6 Å². The third kappa shape index (κ3) is 3.79. The molecule has 1 atom stereocenters. The van der Waals surface area contributed by atoms with Crippen LogP contribution in [0, 0.1) is 0 Å². The number of amides is 1. The Morgan fingerprint density at radius 1 is 1.52 bits per heavy atom. The van der Waals surface area contributed by atoms with E-state index in [2.05, 4.69) is 17.0 Å². The predicted molar refractivity (Wildman–Crippen MR) is 89.5 cm³/mol. The van der Waals surface area contributed by atoms with Gasteiger partial charge < -0.3 is 9.64 Å². The average Bonchev–Trinajstić information content (AvgIpc) is 3.21. The molecule has 2 aromatic heterocycles. The van der Waals surface area contributed by atoms with E-state index in [9.17, 15) is 4.79 Å². The van der Waals surface area contributed by atoms with Gasteiger partial charge in [-0.05, 0) is 19.3 Å². The topological polar surface area (TPSA) is 60.2 Å². The molecule has 1 fully saturated rings. The summed E-state index contributed by atoms with van der Waals surface area (Å²) < 4.78 is 7.54. The SMILES string of the molecule is CCCO[C@H]1CCCN(C(=O)c2csc(-c3cnn(C)c3)n2)C1. The van der Waals surface area contributed by atoms with Gasteiger partial charge in [-0.2, -0.15) is 5.10 Å². The van der Waals surface area contributed by atoms with E-state index in [1.54, 1.807) is 10.9 Å². The summed E-state index contributed by atoms with van der Waals surface area (Å²) in [6.07, 6.45) is 6.85. The lowest BCUT2D eigenvalue weighted by molar-refractivity contribution is 0.00195. The van der Waals surface area contributed by atoms with Crippen molar-refractivity contribution >= 4 is 17.2 Å². The summed E-state index contributed by atoms with van der Waals surface area (Å²) in [5, 5.41) is 6.81. The van der Waals surface area contributed by atoms with E-state index < -0.39 is 0 Å². The van der Waals surface area contributed by atoms with Crippen molar-refractivity contribution in [3.63, 3.8) is 0 Å². The highest BCUT2D eigenvalue weighted by atomic mass is 32.1. The van der Waals surface area contributed by atoms with Crippen molar-refractivity contribution in [3.05, 3.63) is 23.5 Å². The Kier molecular flexibility index (Phi) is 5.07. The Bertz CT molecular complexity index is 667. The Labute approximate surface area is 140 Å². The standard InChI is InChI=1S/C16H22N4O2S/c1-3-7-22-13-5-4-6-20(10-13)16(21)14-11-23-15(18-14)12-8-17-19(2)9-12/h8-9,11,13H,3-7,10H2,1-2H3/t13-/m0/s1. The van der Waals surface area contributed by atoms with E-state index in [-0.39, 0.29) is 12.0 Å². The largest absolute Gasteiger partial charge is 0.376 e. The van der Waals surface area contributed by atoms with Crippen molar-refractivity contribution in [2.75, 3.05) is 19.7 Å². The van der Waals surface area contributed by atoms with E-state index in [4.69, 9.17) is 4.74 Å². The smallest absolute Gasteiger partial charge is 0.273 e. The molecule has 0 unspecified atom stereocenters. The molecule has 3 rings (SSSR count). The molecule has 0 aliphatic carbocycles. The Balaban J connectivity index is 1.67. The van der Waals surface area contributed by atoms with Gasteiger partial charge in [0.2, 0.25) is 0 Å². The molecule has 7 heteroatoms. The lowest BCUT2D eigenvalue weighted by atomic mass is 10.1. The molecule has 6 nitrogen and oxygen atoms in total. The van der Waals surface area contributed by atoms with Crippen LogP contribution in [-0.2, 0) is 11.8 Å². The number of piperidine rings is 1. The van der Waals surface area contributed by atoms with Gasteiger partial charge in [0.15, 0.2) is 0 Å². The number of aromatic nitrogens is 3. The Hall–Kier alpha value is -1.73. The molecular formula is C16H22N4O2S. The zero-order valence-electron chi connectivity index (χ0n) is 13.6. The second kappa shape index (κ2) is 7.23. The molecule has 0 spiro atoms. The van der Waals surface area contributed by atoms with Crippen LogP contribution in [0.5, 0.6) is 0 Å². The summed E-state index contributed by atoms with van der Waals surface area (Å²) in [7, 11) is 1.87. The summed E-state index contributed by atoms with van der Waals surface area (Å²) in [5.74, 6) is 0.00110. The minimum absolute atomic E-state index is 0.00110. The normalized spacial score (nSPS) is 18.3. The van der Waals surface area contributed by atoms with Crippen molar-refractivity contribution in [3.8, 4) is 10.6 Å². The molecule has 0 bridgehead atoms. The maximum atomic E-state index is 12.7. The summed E-state index contributed by atoms with van der Waals surface area (Å²) in [4.78, 5) is 19.0. The number of rotatable bonds is 5. The predicted octanol–water partition coefficient (Wildman–Crippen LogP) is 2.57. The first-order valence-corrected chi connectivity index (χ1v) is 8.90. The average molecular weight is 334 g/mol. The molecule has 2 aromatic rings. The fraction of sp³-hybridized carbons (Fsp3) is 0.562. The fourth-order valence-corrected chi connectivity index (χ4v) is 3.51. The molecule has 1 aliphatic heterocycles. The lowest BCUT2D eigenvalue weighted by Gasteiger charge is -2.32. The number of likely N-dealkylation sites (tertiary alicyclic amines) is 1. The summed E-state index contributed by atoms with van der Waals surface area (Å²) in [6, 6.07) is 0. The van der Waals surface area contributed by atoms with Gasteiger partial charge in [0.05, 0.1) is 12.3 Å². The van der Waals surface area contributed by atoms with Gasteiger partial charge in [-0.25, -0.2) is 4.98 Å². The number of hydrogen-bond acceptors (Lipinski definition) is 5. The molecule has 0 radical (unpaired) electrons. The first-order chi connectivity index (χ1) is 11.2. The van der Waals surface area contributed by atoms with Gasteiger partial charge in [-0.1, -0.05) is 6.92 Å². The quantitative estimate of drug-likeness (QED) is 0.843. The third-order valence-corrected chi connectivity index (χ3v) is 4.79. The van der Waals surface area contributed by atoms with Crippen LogP contribution in [0.4, 0.5) is 0 Å². The van der Waals surface area contributed by atoms with Crippen molar-refractivity contribution in [1.29, 1.82) is 0 Å². The highest BCUT2D eigenvalue weighted by molar-refractivity contribution is 7.13. The van der Waals surface area contributed by atoms with Crippen LogP contribution in [0.1, 0.15) is 36.7 Å². The van der Waals surface area contributed by atoms with Crippen LogP contribution in [0.3, 0.4) is 0 Å². The number of aryl methyl sites for hydroxylation is 1. The van der Waals surface area contributed by atoms with Gasteiger partial charge in [0.25, 0.3) is 5.91 Å². The molecule has 0 aromatic carbocycles. The number of thiazole rings is 1. The minimum atomic E-state index is 0.00110. The van der Waals surface area contributed by atoms with Crippen molar-refractivity contribution < 1.29 is 9.53 Å². The highest BCUT2D eigenvalue weighted by Gasteiger charge is 2.26. The van der Waals surface area contributed by atoms with Crippen molar-refractivity contribution in [2.24, 2.45) is 7.05 Å². The van der Waals surface area contributed by atoms with Gasteiger partial charge >= 0.3 is 0 Å². The zero-order chi connectivity index (χ0) is 16.2. The molecule has 0 N–H and O–H groups in total. The fourth-order valence-electron chi connectivity index (χ4n) is 2.74. The zero-order valence-corrected chi connectivity index (χ0v) is 14.4. The van der Waals surface area contributed by atoms with E-state index in [1.807, 2.05) is 23.5 Å². The first-order valence-electron chi connectivity index (χ1n) is 8.02. The van der Waals surface area contributed by atoms with Crippen LogP contribution in [0.15, 0.2) is 17.8 Å². The molecule has 0 saturated carbocycles. The van der Waals surface area contributed by atoms with E-state index in [1.165, 1.54) is 11.3 Å². The second-order valence-electron chi connectivity index (χ2n) is 5.83. The van der Waals surface area contributed by atoms with Crippen LogP contribution in [0.2, 0.25) is 0 Å². The molecule has 3 heterocycles. The molecule has 1 saturated heterocycles. The third-order valence-electron chi connectivity index (χ3n) is 3.90. The summed E-state index contributed by atoms with van der Waals surface area (Å²) in [5.41, 5.74) is 1.46. The maximum Gasteiger partial charge on any atom is 0.273 e. The number of carbonyl (C=O) groups excluding carboxylic acids is 1. The van der Waals surface area contributed by atoms with E-state index >= 15 is 0 Å². The lowest BCUT2D eigenvalue weighted by Crippen LogP contribution is -2.43. The van der Waals surface area contributed by atoms with Gasteiger partial charge in [-0.15, -0.1) is 11.3 Å². The first kappa shape index (κ1) is 16.1. The maximum absolute atomic E-state index is 12.7. The van der Waals surface area contributed by atoms with Gasteiger partial charge in [0, 0.05) is 43.9 Å². The molecule has 124 valence electrons. The molecular weight excluding hydrogens is 312 g/mol. The van der Waals surface area contributed by atoms with Crippen molar-refractivity contribution in [2.45, 2.75) is 32.3 Å². The number of ether oxygens (including phenoxy) is 1. The Morgan fingerprint density at radius 3 is 3.13 bits per heavy atom. The van der Waals surface area contributed by atoms with E-state index in [0.29, 0.717) is 12.2 Å². The summed E-state index contributed by atoms with van der Waals surface area (Å²) >= 11 is 1.48. The molecule has 1 amide bonds. The van der Waals surface area contributed by atoms with Gasteiger partial charge in [-0.3, -0.25) is 9.48 Å². The number of carbonyl (C=O) groups is 1. The Morgan fingerprint density at radius 2 is 2.39 bits per heavy atom. The van der Waals surface area contributed by atoms with Gasteiger partial charge in [0.1, 0.15) is 10.7 Å². The van der Waals surface area contributed by atoms with Crippen LogP contribution >= 0.6 is 11.3 Å². The monoisotopic (exact) mass is 334 g/mol. The minimum Gasteiger partial charge on any atom is -0.376 e. The molecule has 23 heavy (non-hydrogen) atoms. The number of nitrogens with zero attached hydrogens (tertiary/aromatic N) is 4. The highest BCUT2D eigenvalue weighted by Crippen LogP contribution is 2.24. The molecule has 1 aliphatic rings. The van der Waals surface area contributed by atoms with Crippen molar-refractivity contribution in [1.82, 2.24) is 19.7 Å².